The molecule has 2 rings (SSSR count). The van der Waals surface area contributed by atoms with E-state index in [0.29, 0.717) is 11.5 Å². The molecule has 0 atom stereocenters. The lowest BCUT2D eigenvalue weighted by molar-refractivity contribution is 0.0185. The summed E-state index contributed by atoms with van der Waals surface area (Å²) in [5.41, 5.74) is 0.373. The van der Waals surface area contributed by atoms with Gasteiger partial charge in [0.1, 0.15) is 11.9 Å². The summed E-state index contributed by atoms with van der Waals surface area (Å²) in [7, 11) is 0. The number of hydrogen-bond donors (Lipinski definition) is 0. The van der Waals surface area contributed by atoms with Gasteiger partial charge < -0.3 is 4.74 Å². The molecule has 0 aromatic heterocycles. The zero-order chi connectivity index (χ0) is 14.4. The molecule has 1 aromatic rings. The van der Waals surface area contributed by atoms with E-state index in [2.05, 4.69) is 0 Å². The molecule has 0 saturated heterocycles. The van der Waals surface area contributed by atoms with E-state index in [9.17, 15) is 9.18 Å². The number of carbonyl (C=O) groups is 1. The van der Waals surface area contributed by atoms with Crippen LogP contribution in [0.5, 0.6) is 0 Å². The van der Waals surface area contributed by atoms with Gasteiger partial charge in [0.25, 0.3) is 0 Å². The Morgan fingerprint density at radius 2 is 1.90 bits per heavy atom. The highest BCUT2D eigenvalue weighted by atomic mass is 19.1. The summed E-state index contributed by atoms with van der Waals surface area (Å²) in [6.07, 6.45) is 6.77. The summed E-state index contributed by atoms with van der Waals surface area (Å²) < 4.78 is 18.2. The Balaban J connectivity index is 1.83. The lowest BCUT2D eigenvalue weighted by Gasteiger charge is -2.26. The zero-order valence-electron chi connectivity index (χ0n) is 11.1. The molecular formula is C16H16FNO2. The first-order chi connectivity index (χ1) is 9.69. The Hall–Kier alpha value is -2.15. The van der Waals surface area contributed by atoms with Crippen molar-refractivity contribution < 1.29 is 13.9 Å². The Bertz CT molecular complexity index is 522. The fourth-order valence-corrected chi connectivity index (χ4v) is 2.38. The minimum Gasteiger partial charge on any atom is -0.459 e. The second-order valence-corrected chi connectivity index (χ2v) is 4.94. The highest BCUT2D eigenvalue weighted by Crippen LogP contribution is 2.27. The maximum absolute atomic E-state index is 12.8. The molecule has 1 aliphatic carbocycles. The predicted molar refractivity (Wildman–Crippen MR) is 72.3 cm³/mol. The van der Waals surface area contributed by atoms with Gasteiger partial charge in [-0.1, -0.05) is 6.08 Å². The van der Waals surface area contributed by atoms with Gasteiger partial charge in [-0.3, -0.25) is 0 Å². The van der Waals surface area contributed by atoms with E-state index in [1.165, 1.54) is 30.3 Å². The summed E-state index contributed by atoms with van der Waals surface area (Å²) in [6.45, 7) is 0. The number of benzene rings is 1. The van der Waals surface area contributed by atoms with Gasteiger partial charge in [-0.2, -0.15) is 5.26 Å². The molecule has 4 heteroatoms. The minimum atomic E-state index is -0.402. The van der Waals surface area contributed by atoms with Crippen LogP contribution in [0.3, 0.4) is 0 Å². The maximum Gasteiger partial charge on any atom is 0.338 e. The lowest BCUT2D eigenvalue weighted by Crippen LogP contribution is -2.24. The normalized spacial score (nSPS) is 22.4. The molecule has 1 saturated carbocycles. The van der Waals surface area contributed by atoms with Crippen molar-refractivity contribution in [1.29, 1.82) is 5.26 Å². The van der Waals surface area contributed by atoms with Crippen molar-refractivity contribution in [2.75, 3.05) is 0 Å². The molecule has 0 unspecified atom stereocenters. The monoisotopic (exact) mass is 273 g/mol. The van der Waals surface area contributed by atoms with Crippen LogP contribution in [-0.4, -0.2) is 12.1 Å². The molecule has 20 heavy (non-hydrogen) atoms. The molecule has 0 spiro atoms. The Labute approximate surface area is 117 Å². The number of halogens is 1. The Morgan fingerprint density at radius 3 is 2.50 bits per heavy atom. The van der Waals surface area contributed by atoms with Crippen LogP contribution in [-0.2, 0) is 4.74 Å². The van der Waals surface area contributed by atoms with Crippen molar-refractivity contribution in [2.24, 2.45) is 5.92 Å². The molecule has 3 nitrogen and oxygen atoms in total. The van der Waals surface area contributed by atoms with E-state index >= 15 is 0 Å². The van der Waals surface area contributed by atoms with Gasteiger partial charge in [0.2, 0.25) is 0 Å². The molecule has 0 heterocycles. The number of ether oxygens (including phenoxy) is 1. The van der Waals surface area contributed by atoms with Gasteiger partial charge in [-0.15, -0.1) is 0 Å². The smallest absolute Gasteiger partial charge is 0.338 e. The van der Waals surface area contributed by atoms with Crippen LogP contribution < -0.4 is 0 Å². The van der Waals surface area contributed by atoms with Crippen LogP contribution >= 0.6 is 0 Å². The first-order valence-electron chi connectivity index (χ1n) is 6.72. The van der Waals surface area contributed by atoms with E-state index in [0.717, 1.165) is 25.7 Å². The van der Waals surface area contributed by atoms with Crippen LogP contribution in [0.15, 0.2) is 36.4 Å². The molecule has 0 aliphatic heterocycles. The van der Waals surface area contributed by atoms with Crippen molar-refractivity contribution in [3.8, 4) is 6.07 Å². The van der Waals surface area contributed by atoms with Crippen LogP contribution in [0.25, 0.3) is 0 Å². The summed E-state index contributed by atoms with van der Waals surface area (Å²) in [6, 6.07) is 7.35. The molecule has 0 radical (unpaired) electrons. The second-order valence-electron chi connectivity index (χ2n) is 4.94. The largest absolute Gasteiger partial charge is 0.459 e. The molecule has 0 amide bonds. The Morgan fingerprint density at radius 1 is 1.25 bits per heavy atom. The number of nitriles is 1. The lowest BCUT2D eigenvalue weighted by atomic mass is 9.87. The first-order valence-corrected chi connectivity index (χ1v) is 6.72. The molecule has 1 aromatic carbocycles. The summed E-state index contributed by atoms with van der Waals surface area (Å²) in [5, 5.41) is 8.48. The van der Waals surface area contributed by atoms with Crippen LogP contribution in [0.1, 0.15) is 36.0 Å². The standard InChI is InChI=1S/C16H16FNO2/c17-14-7-5-13(6-8-14)16(19)20-15-9-3-12(4-10-15)2-1-11-18/h1-2,5-8,12,15H,3-4,9-10H2/t12-,15-. The second kappa shape index (κ2) is 6.85. The SMILES string of the molecule is N#CC=C[C@H]1CC[C@H](OC(=O)c2ccc(F)cc2)CC1. The maximum atomic E-state index is 12.8. The zero-order valence-corrected chi connectivity index (χ0v) is 11.1. The fourth-order valence-electron chi connectivity index (χ4n) is 2.38. The molecule has 104 valence electrons. The van der Waals surface area contributed by atoms with E-state index in [1.807, 2.05) is 12.1 Å². The van der Waals surface area contributed by atoms with Gasteiger partial charge >= 0.3 is 5.97 Å². The third-order valence-corrected chi connectivity index (χ3v) is 3.52. The highest BCUT2D eigenvalue weighted by Gasteiger charge is 2.23. The first kappa shape index (κ1) is 14.3. The minimum absolute atomic E-state index is 0.0840. The number of esters is 1. The topological polar surface area (TPSA) is 50.1 Å². The van der Waals surface area contributed by atoms with E-state index in [1.54, 1.807) is 0 Å². The van der Waals surface area contributed by atoms with Crippen molar-refractivity contribution in [3.63, 3.8) is 0 Å². The third kappa shape index (κ3) is 3.92. The average Bonchev–Trinajstić information content (AvgIpc) is 2.47. The number of hydrogen-bond acceptors (Lipinski definition) is 3. The van der Waals surface area contributed by atoms with Crippen LogP contribution in [0.4, 0.5) is 4.39 Å². The van der Waals surface area contributed by atoms with Gasteiger partial charge in [-0.25, -0.2) is 9.18 Å². The number of allylic oxidation sites excluding steroid dienone is 2. The van der Waals surface area contributed by atoms with Crippen molar-refractivity contribution in [3.05, 3.63) is 47.8 Å². The molecule has 1 fully saturated rings. The number of rotatable bonds is 3. The number of carbonyl (C=O) groups excluding carboxylic acids is 1. The highest BCUT2D eigenvalue weighted by molar-refractivity contribution is 5.89. The van der Waals surface area contributed by atoms with Crippen molar-refractivity contribution in [1.82, 2.24) is 0 Å². The number of nitrogens with zero attached hydrogens (tertiary/aromatic N) is 1. The van der Waals surface area contributed by atoms with Crippen molar-refractivity contribution >= 4 is 5.97 Å². The van der Waals surface area contributed by atoms with E-state index < -0.39 is 5.97 Å². The van der Waals surface area contributed by atoms with Gasteiger partial charge in [0.15, 0.2) is 0 Å². The predicted octanol–water partition coefficient (Wildman–Crippen LogP) is 3.62. The van der Waals surface area contributed by atoms with Crippen LogP contribution in [0, 0.1) is 23.1 Å². The molecule has 1 aliphatic rings. The van der Waals surface area contributed by atoms with Gasteiger partial charge in [0.05, 0.1) is 11.6 Å². The Kier molecular flexibility index (Phi) is 4.89. The van der Waals surface area contributed by atoms with Gasteiger partial charge in [0, 0.05) is 6.08 Å². The summed E-state index contributed by atoms with van der Waals surface area (Å²) >= 11 is 0. The average molecular weight is 273 g/mol. The third-order valence-electron chi connectivity index (χ3n) is 3.52. The van der Waals surface area contributed by atoms with Crippen molar-refractivity contribution in [2.45, 2.75) is 31.8 Å². The van der Waals surface area contributed by atoms with E-state index in [4.69, 9.17) is 10.00 Å². The molecular weight excluding hydrogens is 257 g/mol. The molecule has 0 bridgehead atoms. The van der Waals surface area contributed by atoms with Gasteiger partial charge in [-0.05, 0) is 55.9 Å². The summed E-state index contributed by atoms with van der Waals surface area (Å²) in [4.78, 5) is 11.9. The van der Waals surface area contributed by atoms with E-state index in [-0.39, 0.29) is 11.9 Å². The van der Waals surface area contributed by atoms with Crippen LogP contribution in [0.2, 0.25) is 0 Å². The summed E-state index contributed by atoms with van der Waals surface area (Å²) in [5.74, 6) is -0.372. The fraction of sp³-hybridized carbons (Fsp3) is 0.375. The quantitative estimate of drug-likeness (QED) is 0.624. The molecule has 0 N–H and O–H groups in total.